The number of carbonyl (C=O) groups is 1. The Kier molecular flexibility index (Phi) is 3.88. The number of carbonyl (C=O) groups excluding carboxylic acids is 1. The molecule has 0 atom stereocenters. The number of nitrogens with zero attached hydrogens (tertiary/aromatic N) is 3. The van der Waals surface area contributed by atoms with Gasteiger partial charge < -0.3 is 5.11 Å². The third kappa shape index (κ3) is 2.75. The highest BCUT2D eigenvalue weighted by atomic mass is 16.3. The second-order valence-corrected chi connectivity index (χ2v) is 6.94. The van der Waals surface area contributed by atoms with Crippen LogP contribution in [0.25, 0.3) is 27.5 Å². The fraction of sp³-hybridized carbons (Fsp3) is 0.0417. The SMILES string of the molecule is Cc1nn(-c2ccccc2)c2ncc(C(=O)c3c(O)ccc4ccccc34)cc12. The highest BCUT2D eigenvalue weighted by molar-refractivity contribution is 6.18. The number of fused-ring (bicyclic) bond motifs is 2. The maximum Gasteiger partial charge on any atom is 0.198 e. The lowest BCUT2D eigenvalue weighted by Gasteiger charge is -2.09. The van der Waals surface area contributed by atoms with Gasteiger partial charge in [0.1, 0.15) is 5.75 Å². The van der Waals surface area contributed by atoms with Gasteiger partial charge in [0.2, 0.25) is 0 Å². The van der Waals surface area contributed by atoms with E-state index in [1.54, 1.807) is 29.1 Å². The Labute approximate surface area is 166 Å². The van der Waals surface area contributed by atoms with Crippen molar-refractivity contribution in [3.63, 3.8) is 0 Å². The second kappa shape index (κ2) is 6.56. The van der Waals surface area contributed by atoms with E-state index in [9.17, 15) is 9.90 Å². The van der Waals surface area contributed by atoms with E-state index in [0.717, 1.165) is 22.2 Å². The van der Waals surface area contributed by atoms with Crippen LogP contribution in [0.15, 0.2) is 79.0 Å². The van der Waals surface area contributed by atoms with E-state index in [1.165, 1.54) is 0 Å². The number of rotatable bonds is 3. The largest absolute Gasteiger partial charge is 0.507 e. The van der Waals surface area contributed by atoms with Crippen molar-refractivity contribution in [3.8, 4) is 11.4 Å². The van der Waals surface area contributed by atoms with Crippen LogP contribution >= 0.6 is 0 Å². The summed E-state index contributed by atoms with van der Waals surface area (Å²) in [6, 6.07) is 22.4. The lowest BCUT2D eigenvalue weighted by Crippen LogP contribution is -2.04. The lowest BCUT2D eigenvalue weighted by molar-refractivity contribution is 0.103. The van der Waals surface area contributed by atoms with Crippen LogP contribution in [0.4, 0.5) is 0 Å². The molecule has 0 saturated carbocycles. The van der Waals surface area contributed by atoms with Crippen LogP contribution in [0.2, 0.25) is 0 Å². The fourth-order valence-corrected chi connectivity index (χ4v) is 3.66. The van der Waals surface area contributed by atoms with Crippen molar-refractivity contribution < 1.29 is 9.90 Å². The van der Waals surface area contributed by atoms with Crippen LogP contribution in [0.1, 0.15) is 21.6 Å². The molecule has 5 nitrogen and oxygen atoms in total. The normalized spacial score (nSPS) is 11.2. The summed E-state index contributed by atoms with van der Waals surface area (Å²) >= 11 is 0. The average molecular weight is 379 g/mol. The molecule has 5 rings (SSSR count). The summed E-state index contributed by atoms with van der Waals surface area (Å²) in [5.41, 5.74) is 3.08. The van der Waals surface area contributed by atoms with Crippen molar-refractivity contribution >= 4 is 27.6 Å². The van der Waals surface area contributed by atoms with Gasteiger partial charge in [-0.05, 0) is 42.0 Å². The quantitative estimate of drug-likeness (QED) is 0.457. The molecule has 0 bridgehead atoms. The molecule has 0 fully saturated rings. The first-order valence-corrected chi connectivity index (χ1v) is 9.30. The van der Waals surface area contributed by atoms with Crippen LogP contribution in [0.3, 0.4) is 0 Å². The van der Waals surface area contributed by atoms with Crippen LogP contribution < -0.4 is 0 Å². The lowest BCUT2D eigenvalue weighted by atomic mass is 9.96. The van der Waals surface area contributed by atoms with E-state index in [-0.39, 0.29) is 17.1 Å². The van der Waals surface area contributed by atoms with Gasteiger partial charge in [0.05, 0.1) is 16.9 Å². The van der Waals surface area contributed by atoms with Crippen LogP contribution in [0.5, 0.6) is 5.75 Å². The van der Waals surface area contributed by atoms with Crippen molar-refractivity contribution in [2.24, 2.45) is 0 Å². The summed E-state index contributed by atoms with van der Waals surface area (Å²) in [4.78, 5) is 17.8. The third-order valence-corrected chi connectivity index (χ3v) is 5.10. The van der Waals surface area contributed by atoms with Gasteiger partial charge in [0.15, 0.2) is 11.4 Å². The van der Waals surface area contributed by atoms with Gasteiger partial charge in [-0.2, -0.15) is 5.10 Å². The maximum absolute atomic E-state index is 13.3. The molecule has 3 aromatic carbocycles. The Morgan fingerprint density at radius 1 is 0.931 bits per heavy atom. The summed E-state index contributed by atoms with van der Waals surface area (Å²) in [6.07, 6.45) is 1.55. The molecule has 1 N–H and O–H groups in total. The van der Waals surface area contributed by atoms with E-state index < -0.39 is 0 Å². The summed E-state index contributed by atoms with van der Waals surface area (Å²) in [5.74, 6) is -0.300. The van der Waals surface area contributed by atoms with Crippen molar-refractivity contribution in [1.29, 1.82) is 0 Å². The number of pyridine rings is 1. The maximum atomic E-state index is 13.3. The minimum atomic E-state index is -0.263. The van der Waals surface area contributed by atoms with Crippen molar-refractivity contribution in [2.45, 2.75) is 6.92 Å². The highest BCUT2D eigenvalue weighted by Crippen LogP contribution is 2.30. The van der Waals surface area contributed by atoms with Crippen molar-refractivity contribution in [3.05, 3.63) is 95.8 Å². The van der Waals surface area contributed by atoms with Gasteiger partial charge in [-0.15, -0.1) is 0 Å². The topological polar surface area (TPSA) is 68.0 Å². The average Bonchev–Trinajstić information content (AvgIpc) is 3.10. The summed E-state index contributed by atoms with van der Waals surface area (Å²) in [5, 5.41) is 17.4. The number of phenols is 1. The number of aromatic hydroxyl groups is 1. The van der Waals surface area contributed by atoms with Gasteiger partial charge in [-0.1, -0.05) is 48.5 Å². The van der Waals surface area contributed by atoms with Crippen molar-refractivity contribution in [1.82, 2.24) is 14.8 Å². The van der Waals surface area contributed by atoms with Crippen molar-refractivity contribution in [2.75, 3.05) is 0 Å². The van der Waals surface area contributed by atoms with E-state index in [1.807, 2.05) is 61.5 Å². The Balaban J connectivity index is 1.67. The van der Waals surface area contributed by atoms with Gasteiger partial charge >= 0.3 is 0 Å². The standard InChI is InChI=1S/C24H17N3O2/c1-15-20-13-17(14-25-24(20)27(26-15)18-8-3-2-4-9-18)23(29)22-19-10-6-5-7-16(19)11-12-21(22)28/h2-14,28H,1H3. The number of ketones is 1. The smallest absolute Gasteiger partial charge is 0.198 e. The molecular formula is C24H17N3O2. The molecule has 5 aromatic rings. The first-order valence-electron chi connectivity index (χ1n) is 9.30. The molecule has 2 heterocycles. The van der Waals surface area contributed by atoms with Gasteiger partial charge in [-0.25, -0.2) is 9.67 Å². The molecule has 140 valence electrons. The van der Waals surface area contributed by atoms with E-state index in [2.05, 4.69) is 10.1 Å². The van der Waals surface area contributed by atoms with E-state index >= 15 is 0 Å². The molecule has 29 heavy (non-hydrogen) atoms. The minimum absolute atomic E-state index is 0.0366. The molecule has 0 aliphatic rings. The minimum Gasteiger partial charge on any atom is -0.507 e. The Bertz CT molecular complexity index is 1390. The summed E-state index contributed by atoms with van der Waals surface area (Å²) in [7, 11) is 0. The first kappa shape index (κ1) is 17.1. The molecule has 0 aliphatic heterocycles. The number of aryl methyl sites for hydroxylation is 1. The molecule has 0 saturated heterocycles. The van der Waals surface area contributed by atoms with E-state index in [0.29, 0.717) is 16.6 Å². The molecule has 0 amide bonds. The molecular weight excluding hydrogens is 362 g/mol. The molecule has 0 spiro atoms. The molecule has 0 unspecified atom stereocenters. The van der Waals surface area contributed by atoms with Crippen LogP contribution in [-0.2, 0) is 0 Å². The highest BCUT2D eigenvalue weighted by Gasteiger charge is 2.19. The second-order valence-electron chi connectivity index (χ2n) is 6.94. The predicted octanol–water partition coefficient (Wildman–Crippen LogP) is 4.82. The van der Waals surface area contributed by atoms with Crippen LogP contribution in [-0.4, -0.2) is 25.7 Å². The zero-order valence-corrected chi connectivity index (χ0v) is 15.7. The number of hydrogen-bond acceptors (Lipinski definition) is 4. The third-order valence-electron chi connectivity index (χ3n) is 5.10. The number of hydrogen-bond donors (Lipinski definition) is 1. The zero-order valence-electron chi connectivity index (χ0n) is 15.7. The van der Waals surface area contributed by atoms with Gasteiger partial charge in [0.25, 0.3) is 0 Å². The zero-order chi connectivity index (χ0) is 20.0. The summed E-state index contributed by atoms with van der Waals surface area (Å²) < 4.78 is 1.77. The fourth-order valence-electron chi connectivity index (χ4n) is 3.66. The summed E-state index contributed by atoms with van der Waals surface area (Å²) in [6.45, 7) is 1.90. The number of benzene rings is 3. The Morgan fingerprint density at radius 3 is 2.52 bits per heavy atom. The molecule has 2 aromatic heterocycles. The monoisotopic (exact) mass is 379 g/mol. The molecule has 0 radical (unpaired) electrons. The number of phenolic OH excluding ortho intramolecular Hbond substituents is 1. The number of para-hydroxylation sites is 1. The number of aromatic nitrogens is 3. The van der Waals surface area contributed by atoms with E-state index in [4.69, 9.17) is 0 Å². The van der Waals surface area contributed by atoms with Gasteiger partial charge in [0, 0.05) is 17.1 Å². The Hall–Kier alpha value is -3.99. The van der Waals surface area contributed by atoms with Gasteiger partial charge in [-0.3, -0.25) is 4.79 Å². The Morgan fingerprint density at radius 2 is 1.69 bits per heavy atom. The predicted molar refractivity (Wildman–Crippen MR) is 113 cm³/mol. The molecule has 5 heteroatoms. The van der Waals surface area contributed by atoms with Crippen LogP contribution in [0, 0.1) is 6.92 Å². The first-order chi connectivity index (χ1) is 14.1. The molecule has 0 aliphatic carbocycles.